The number of hydrogen-bond acceptors (Lipinski definition) is 5. The third-order valence-corrected chi connectivity index (χ3v) is 3.42. The summed E-state index contributed by atoms with van der Waals surface area (Å²) in [6.07, 6.45) is 3.13. The Morgan fingerprint density at radius 3 is 3.10 bits per heavy atom. The highest BCUT2D eigenvalue weighted by atomic mass is 16.5. The van der Waals surface area contributed by atoms with Crippen molar-refractivity contribution in [3.63, 3.8) is 0 Å². The summed E-state index contributed by atoms with van der Waals surface area (Å²) in [4.78, 5) is 22.9. The molecule has 20 heavy (non-hydrogen) atoms. The van der Waals surface area contributed by atoms with E-state index in [9.17, 15) is 4.79 Å². The summed E-state index contributed by atoms with van der Waals surface area (Å²) in [5.41, 5.74) is 7.55. The molecule has 0 bridgehead atoms. The lowest BCUT2D eigenvalue weighted by Gasteiger charge is -2.32. The van der Waals surface area contributed by atoms with Crippen molar-refractivity contribution in [2.24, 2.45) is 5.73 Å². The van der Waals surface area contributed by atoms with Crippen LogP contribution in [0.5, 0.6) is 0 Å². The Balaban J connectivity index is 1.92. The predicted molar refractivity (Wildman–Crippen MR) is 74.2 cm³/mol. The van der Waals surface area contributed by atoms with Crippen LogP contribution in [0.3, 0.4) is 0 Å². The number of aromatic nitrogens is 2. The molecule has 1 fully saturated rings. The number of nitrogens with two attached hydrogens (primary N) is 1. The summed E-state index contributed by atoms with van der Waals surface area (Å²) < 4.78 is 5.48. The molecule has 0 radical (unpaired) electrons. The maximum Gasteiger partial charge on any atom is 0.256 e. The van der Waals surface area contributed by atoms with Gasteiger partial charge in [0.05, 0.1) is 23.8 Å². The standard InChI is InChI=1S/C14H16N4O2/c15-8-10-9-18(6-7-20-10)14(19)11-2-1-3-12-13(11)17-5-4-16-12/h1-5,10H,6-9,15H2. The van der Waals surface area contributed by atoms with Crippen LogP contribution >= 0.6 is 0 Å². The summed E-state index contributed by atoms with van der Waals surface area (Å²) >= 11 is 0. The van der Waals surface area contributed by atoms with Gasteiger partial charge in [-0.1, -0.05) is 6.07 Å². The minimum Gasteiger partial charge on any atom is -0.373 e. The molecule has 1 atom stereocenters. The number of morpholine rings is 1. The summed E-state index contributed by atoms with van der Waals surface area (Å²) in [6, 6.07) is 5.46. The maximum atomic E-state index is 12.6. The van der Waals surface area contributed by atoms with E-state index in [1.807, 2.05) is 12.1 Å². The number of benzene rings is 1. The molecule has 3 rings (SSSR count). The molecule has 0 spiro atoms. The molecule has 2 aromatic rings. The van der Waals surface area contributed by atoms with E-state index in [0.29, 0.717) is 37.3 Å². The van der Waals surface area contributed by atoms with Crippen molar-refractivity contribution in [1.82, 2.24) is 14.9 Å². The number of fused-ring (bicyclic) bond motifs is 1. The van der Waals surface area contributed by atoms with Gasteiger partial charge in [-0.3, -0.25) is 14.8 Å². The Morgan fingerprint density at radius 1 is 1.40 bits per heavy atom. The van der Waals surface area contributed by atoms with E-state index < -0.39 is 0 Å². The van der Waals surface area contributed by atoms with Gasteiger partial charge < -0.3 is 15.4 Å². The third kappa shape index (κ3) is 2.35. The van der Waals surface area contributed by atoms with Gasteiger partial charge in [0.25, 0.3) is 5.91 Å². The lowest BCUT2D eigenvalue weighted by atomic mass is 10.1. The van der Waals surface area contributed by atoms with Gasteiger partial charge in [-0.15, -0.1) is 0 Å². The topological polar surface area (TPSA) is 81.3 Å². The number of ether oxygens (including phenoxy) is 1. The second-order valence-corrected chi connectivity index (χ2v) is 4.71. The molecule has 1 aromatic heterocycles. The number of carbonyl (C=O) groups excluding carboxylic acids is 1. The fourth-order valence-electron chi connectivity index (χ4n) is 2.38. The van der Waals surface area contributed by atoms with Crippen LogP contribution in [0, 0.1) is 0 Å². The smallest absolute Gasteiger partial charge is 0.256 e. The average molecular weight is 272 g/mol. The highest BCUT2D eigenvalue weighted by molar-refractivity contribution is 6.04. The SMILES string of the molecule is NCC1CN(C(=O)c2cccc3nccnc23)CCO1. The predicted octanol–water partition coefficient (Wildman–Crippen LogP) is 0.429. The molecule has 2 N–H and O–H groups in total. The van der Waals surface area contributed by atoms with E-state index >= 15 is 0 Å². The largest absolute Gasteiger partial charge is 0.373 e. The molecule has 0 aliphatic carbocycles. The van der Waals surface area contributed by atoms with E-state index in [-0.39, 0.29) is 12.0 Å². The molecule has 104 valence electrons. The van der Waals surface area contributed by atoms with Crippen LogP contribution in [-0.4, -0.2) is 53.1 Å². The molecule has 1 unspecified atom stereocenters. The molecule has 1 saturated heterocycles. The van der Waals surface area contributed by atoms with Crippen molar-refractivity contribution in [1.29, 1.82) is 0 Å². The normalized spacial score (nSPS) is 19.2. The monoisotopic (exact) mass is 272 g/mol. The minimum absolute atomic E-state index is 0.0437. The van der Waals surface area contributed by atoms with Crippen molar-refractivity contribution < 1.29 is 9.53 Å². The summed E-state index contributed by atoms with van der Waals surface area (Å²) in [5.74, 6) is -0.0437. The van der Waals surface area contributed by atoms with Crippen LogP contribution in [0.15, 0.2) is 30.6 Å². The molecule has 1 aromatic carbocycles. The number of hydrogen-bond donors (Lipinski definition) is 1. The summed E-state index contributed by atoms with van der Waals surface area (Å²) in [6.45, 7) is 2.03. The quantitative estimate of drug-likeness (QED) is 0.857. The third-order valence-electron chi connectivity index (χ3n) is 3.42. The molecular weight excluding hydrogens is 256 g/mol. The maximum absolute atomic E-state index is 12.6. The average Bonchev–Trinajstić information content (AvgIpc) is 2.53. The molecule has 1 aliphatic heterocycles. The van der Waals surface area contributed by atoms with Crippen LogP contribution in [0.2, 0.25) is 0 Å². The van der Waals surface area contributed by atoms with Crippen LogP contribution in [0.4, 0.5) is 0 Å². The lowest BCUT2D eigenvalue weighted by molar-refractivity contribution is -0.0166. The van der Waals surface area contributed by atoms with Gasteiger partial charge in [-0.2, -0.15) is 0 Å². The van der Waals surface area contributed by atoms with Crippen LogP contribution in [-0.2, 0) is 4.74 Å². The fourth-order valence-corrected chi connectivity index (χ4v) is 2.38. The Bertz CT molecular complexity index is 626. The van der Waals surface area contributed by atoms with Crippen molar-refractivity contribution in [3.8, 4) is 0 Å². The van der Waals surface area contributed by atoms with Gasteiger partial charge in [-0.25, -0.2) is 0 Å². The number of amides is 1. The van der Waals surface area contributed by atoms with Crippen molar-refractivity contribution in [3.05, 3.63) is 36.2 Å². The van der Waals surface area contributed by atoms with Gasteiger partial charge in [0.15, 0.2) is 0 Å². The summed E-state index contributed by atoms with van der Waals surface area (Å²) in [7, 11) is 0. The fraction of sp³-hybridized carbons (Fsp3) is 0.357. The Hall–Kier alpha value is -2.05. The Labute approximate surface area is 116 Å². The van der Waals surface area contributed by atoms with Gasteiger partial charge >= 0.3 is 0 Å². The van der Waals surface area contributed by atoms with Crippen molar-refractivity contribution in [2.45, 2.75) is 6.10 Å². The minimum atomic E-state index is -0.0891. The molecule has 0 saturated carbocycles. The first-order valence-electron chi connectivity index (χ1n) is 6.60. The molecule has 6 heteroatoms. The first kappa shape index (κ1) is 13.0. The zero-order valence-corrected chi connectivity index (χ0v) is 11.0. The van der Waals surface area contributed by atoms with Gasteiger partial charge in [-0.05, 0) is 12.1 Å². The van der Waals surface area contributed by atoms with Gasteiger partial charge in [0, 0.05) is 32.0 Å². The first-order valence-corrected chi connectivity index (χ1v) is 6.60. The Morgan fingerprint density at radius 2 is 2.25 bits per heavy atom. The highest BCUT2D eigenvalue weighted by Gasteiger charge is 2.25. The first-order chi connectivity index (χ1) is 9.79. The number of carbonyl (C=O) groups is 1. The molecule has 1 aliphatic rings. The van der Waals surface area contributed by atoms with Crippen LogP contribution in [0.1, 0.15) is 10.4 Å². The van der Waals surface area contributed by atoms with Crippen LogP contribution < -0.4 is 5.73 Å². The molecule has 6 nitrogen and oxygen atoms in total. The van der Waals surface area contributed by atoms with E-state index in [0.717, 1.165) is 5.52 Å². The molecule has 2 heterocycles. The van der Waals surface area contributed by atoms with E-state index in [1.165, 1.54) is 0 Å². The van der Waals surface area contributed by atoms with Gasteiger partial charge in [0.2, 0.25) is 0 Å². The number of nitrogens with zero attached hydrogens (tertiary/aromatic N) is 3. The van der Waals surface area contributed by atoms with E-state index in [2.05, 4.69) is 9.97 Å². The van der Waals surface area contributed by atoms with Gasteiger partial charge in [0.1, 0.15) is 5.52 Å². The van der Waals surface area contributed by atoms with Crippen molar-refractivity contribution in [2.75, 3.05) is 26.2 Å². The lowest BCUT2D eigenvalue weighted by Crippen LogP contribution is -2.48. The summed E-state index contributed by atoms with van der Waals surface area (Å²) in [5, 5.41) is 0. The zero-order chi connectivity index (χ0) is 13.9. The zero-order valence-electron chi connectivity index (χ0n) is 11.0. The Kier molecular flexibility index (Phi) is 3.58. The van der Waals surface area contributed by atoms with E-state index in [1.54, 1.807) is 23.4 Å². The number of para-hydroxylation sites is 1. The highest BCUT2D eigenvalue weighted by Crippen LogP contribution is 2.17. The van der Waals surface area contributed by atoms with Crippen LogP contribution in [0.25, 0.3) is 11.0 Å². The second kappa shape index (κ2) is 5.52. The van der Waals surface area contributed by atoms with Crippen molar-refractivity contribution >= 4 is 16.9 Å². The molecule has 1 amide bonds. The van der Waals surface area contributed by atoms with E-state index in [4.69, 9.17) is 10.5 Å². The number of rotatable bonds is 2. The second-order valence-electron chi connectivity index (χ2n) is 4.71. The molecular formula is C14H16N4O2.